The summed E-state index contributed by atoms with van der Waals surface area (Å²) in [6.07, 6.45) is -0.808. The smallest absolute Gasteiger partial charge is 0.430 e. The van der Waals surface area contributed by atoms with Crippen molar-refractivity contribution < 1.29 is 37.1 Å². The van der Waals surface area contributed by atoms with Crippen molar-refractivity contribution in [3.63, 3.8) is 0 Å². The number of fused-ring (bicyclic) bond motifs is 5. The second kappa shape index (κ2) is 9.50. The number of carboxylic acids is 1. The van der Waals surface area contributed by atoms with Gasteiger partial charge in [-0.3, -0.25) is 0 Å². The Hall–Kier alpha value is -4.33. The molecule has 0 saturated carbocycles. The number of aromatic nitrogens is 1. The van der Waals surface area contributed by atoms with E-state index in [1.165, 1.54) is 33.3 Å². The Morgan fingerprint density at radius 2 is 1.57 bits per heavy atom. The van der Waals surface area contributed by atoms with E-state index in [9.17, 15) is 13.2 Å². The Balaban J connectivity index is 0.000000364. The molecule has 0 bridgehead atoms. The van der Waals surface area contributed by atoms with E-state index in [0.29, 0.717) is 0 Å². The molecule has 0 unspecified atom stereocenters. The largest absolute Gasteiger partial charge is 0.542 e. The number of para-hydroxylation sites is 1. The maximum absolute atomic E-state index is 10.5. The average molecular weight is 479 g/mol. The highest BCUT2D eigenvalue weighted by atomic mass is 19.4. The fourth-order valence-corrected chi connectivity index (χ4v) is 3.99. The Bertz CT molecular complexity index is 1440. The standard InChI is InChI=1S/C25H20NO2.C2HF3O2/c1-27-23-12-11-17(16-24(23)28-2)15-21-20-9-5-6-10-22(20)26-14-13-18-7-3-4-8-19(18)25(21)26;3-2(4,5)1(6)7/h3-16H,1-2H3;(H,6,7)/q+1;/p-1. The van der Waals surface area contributed by atoms with Crippen molar-refractivity contribution in [2.24, 2.45) is 0 Å². The Kier molecular flexibility index (Phi) is 6.46. The molecule has 0 amide bonds. The lowest BCUT2D eigenvalue weighted by atomic mass is 9.98. The van der Waals surface area contributed by atoms with Crippen molar-refractivity contribution in [3.8, 4) is 17.2 Å². The van der Waals surface area contributed by atoms with Gasteiger partial charge in [0.05, 0.1) is 30.7 Å². The first-order chi connectivity index (χ1) is 16.7. The van der Waals surface area contributed by atoms with Crippen LogP contribution in [0.5, 0.6) is 11.5 Å². The molecule has 0 aliphatic carbocycles. The van der Waals surface area contributed by atoms with E-state index >= 15 is 0 Å². The fourth-order valence-electron chi connectivity index (χ4n) is 3.99. The fraction of sp³-hybridized carbons (Fsp3) is 0.111. The molecule has 35 heavy (non-hydrogen) atoms. The number of halogens is 3. The van der Waals surface area contributed by atoms with Crippen molar-refractivity contribution in [1.82, 2.24) is 0 Å². The number of benzene rings is 3. The van der Waals surface area contributed by atoms with E-state index in [0.717, 1.165) is 17.1 Å². The lowest BCUT2D eigenvalue weighted by Crippen LogP contribution is -2.37. The highest BCUT2D eigenvalue weighted by Gasteiger charge is 2.33. The molecule has 0 atom stereocenters. The molecule has 5 rings (SSSR count). The molecule has 8 heteroatoms. The molecule has 178 valence electrons. The van der Waals surface area contributed by atoms with Crippen molar-refractivity contribution in [2.45, 2.75) is 6.18 Å². The number of rotatable bonds is 3. The zero-order valence-electron chi connectivity index (χ0n) is 18.8. The van der Waals surface area contributed by atoms with Crippen LogP contribution in [0.3, 0.4) is 0 Å². The maximum atomic E-state index is 10.5. The summed E-state index contributed by atoms with van der Waals surface area (Å²) >= 11 is 0. The van der Waals surface area contributed by atoms with Gasteiger partial charge < -0.3 is 19.4 Å². The molecular formula is C27H20F3NO4. The van der Waals surface area contributed by atoms with Gasteiger partial charge in [0.15, 0.2) is 17.7 Å². The molecule has 0 fully saturated rings. The molecule has 0 N–H and O–H groups in total. The summed E-state index contributed by atoms with van der Waals surface area (Å²) in [5.74, 6) is -1.54. The summed E-state index contributed by atoms with van der Waals surface area (Å²) in [6, 6.07) is 25.3. The lowest BCUT2D eigenvalue weighted by molar-refractivity contribution is -0.592. The third-order valence-corrected chi connectivity index (χ3v) is 5.52. The molecule has 0 spiro atoms. The Morgan fingerprint density at radius 3 is 2.26 bits per heavy atom. The molecule has 5 nitrogen and oxygen atoms in total. The lowest BCUT2D eigenvalue weighted by Gasteiger charge is -2.08. The van der Waals surface area contributed by atoms with E-state index in [2.05, 4.69) is 77.5 Å². The van der Waals surface area contributed by atoms with Gasteiger partial charge in [0, 0.05) is 12.1 Å². The van der Waals surface area contributed by atoms with Crippen molar-refractivity contribution >= 4 is 28.4 Å². The van der Waals surface area contributed by atoms with Gasteiger partial charge in [-0.2, -0.15) is 17.7 Å². The van der Waals surface area contributed by atoms with E-state index in [-0.39, 0.29) is 0 Å². The minimum Gasteiger partial charge on any atom is -0.542 e. The normalized spacial score (nSPS) is 13.0. The van der Waals surface area contributed by atoms with Gasteiger partial charge in [0.2, 0.25) is 11.4 Å². The molecule has 1 aliphatic heterocycles. The van der Waals surface area contributed by atoms with Gasteiger partial charge in [-0.1, -0.05) is 36.4 Å². The zero-order valence-corrected chi connectivity index (χ0v) is 18.8. The summed E-state index contributed by atoms with van der Waals surface area (Å²) in [6.45, 7) is 0. The number of nitrogens with zero attached hydrogens (tertiary/aromatic N) is 1. The number of carboxylic acid groups (broad SMARTS) is 1. The highest BCUT2D eigenvalue weighted by molar-refractivity contribution is 6.02. The summed E-state index contributed by atoms with van der Waals surface area (Å²) in [4.78, 5) is 8.78. The van der Waals surface area contributed by atoms with Crippen LogP contribution in [0.25, 0.3) is 28.1 Å². The van der Waals surface area contributed by atoms with Crippen LogP contribution in [0.15, 0.2) is 79.0 Å². The van der Waals surface area contributed by atoms with E-state index in [4.69, 9.17) is 19.4 Å². The van der Waals surface area contributed by atoms with E-state index in [1.54, 1.807) is 14.2 Å². The molecular weight excluding hydrogens is 459 g/mol. The molecule has 4 aromatic rings. The van der Waals surface area contributed by atoms with Crippen LogP contribution in [0.1, 0.15) is 16.8 Å². The first-order valence-electron chi connectivity index (χ1n) is 10.5. The van der Waals surface area contributed by atoms with Gasteiger partial charge in [-0.25, -0.2) is 0 Å². The summed E-state index contributed by atoms with van der Waals surface area (Å²) in [5, 5.41) is 11.3. The van der Waals surface area contributed by atoms with E-state index < -0.39 is 12.1 Å². The number of alkyl halides is 3. The number of hydrogen-bond acceptors (Lipinski definition) is 4. The molecule has 3 aromatic carbocycles. The van der Waals surface area contributed by atoms with Crippen molar-refractivity contribution in [2.75, 3.05) is 14.2 Å². The van der Waals surface area contributed by atoms with Crippen LogP contribution in [0, 0.1) is 0 Å². The molecule has 0 radical (unpaired) electrons. The average Bonchev–Trinajstić information content (AvgIpc) is 3.17. The van der Waals surface area contributed by atoms with Gasteiger partial charge in [-0.15, -0.1) is 0 Å². The van der Waals surface area contributed by atoms with Crippen molar-refractivity contribution in [1.29, 1.82) is 0 Å². The van der Waals surface area contributed by atoms with Crippen LogP contribution in [0.4, 0.5) is 13.2 Å². The second-order valence-corrected chi connectivity index (χ2v) is 7.60. The SMILES string of the molecule is COc1ccc(C=C2c3ccccc3-[n+]3ccc4ccccc4c32)cc1OC.O=C([O-])C(F)(F)F. The third kappa shape index (κ3) is 4.68. The minimum atomic E-state index is -5.19. The van der Waals surface area contributed by atoms with E-state index in [1.807, 2.05) is 12.1 Å². The first-order valence-corrected chi connectivity index (χ1v) is 10.5. The third-order valence-electron chi connectivity index (χ3n) is 5.52. The number of ether oxygens (including phenoxy) is 2. The number of hydrogen-bond donors (Lipinski definition) is 0. The molecule has 1 aliphatic rings. The summed E-state index contributed by atoms with van der Waals surface area (Å²) < 4.78 is 44.7. The van der Waals surface area contributed by atoms with Gasteiger partial charge >= 0.3 is 6.18 Å². The molecule has 0 saturated heterocycles. The number of pyridine rings is 1. The van der Waals surface area contributed by atoms with Gasteiger partial charge in [-0.05, 0) is 41.3 Å². The number of carbonyl (C=O) groups excluding carboxylic acids is 1. The van der Waals surface area contributed by atoms with Gasteiger partial charge in [0.1, 0.15) is 5.97 Å². The Morgan fingerprint density at radius 1 is 0.914 bits per heavy atom. The molecule has 1 aromatic heterocycles. The number of methoxy groups -OCH3 is 2. The van der Waals surface area contributed by atoms with Crippen LogP contribution in [0.2, 0.25) is 0 Å². The molecule has 2 heterocycles. The highest BCUT2D eigenvalue weighted by Crippen LogP contribution is 2.37. The number of carbonyl (C=O) groups is 1. The summed E-state index contributed by atoms with van der Waals surface area (Å²) in [5.41, 5.74) is 5.93. The van der Waals surface area contributed by atoms with Crippen LogP contribution < -0.4 is 19.1 Å². The summed E-state index contributed by atoms with van der Waals surface area (Å²) in [7, 11) is 3.32. The quantitative estimate of drug-likeness (QED) is 0.362. The predicted octanol–water partition coefficient (Wildman–Crippen LogP) is 4.33. The van der Waals surface area contributed by atoms with Crippen LogP contribution in [-0.2, 0) is 4.79 Å². The zero-order chi connectivity index (χ0) is 25.2. The van der Waals surface area contributed by atoms with Crippen molar-refractivity contribution in [3.05, 3.63) is 95.8 Å². The maximum Gasteiger partial charge on any atom is 0.430 e. The second-order valence-electron chi connectivity index (χ2n) is 7.60. The number of aliphatic carboxylic acids is 1. The Labute approximate surface area is 199 Å². The predicted molar refractivity (Wildman–Crippen MR) is 123 cm³/mol. The first kappa shape index (κ1) is 23.8. The minimum absolute atomic E-state index is 0.730. The van der Waals surface area contributed by atoms with Gasteiger partial charge in [0.25, 0.3) is 0 Å². The van der Waals surface area contributed by atoms with Crippen LogP contribution >= 0.6 is 0 Å². The topological polar surface area (TPSA) is 62.5 Å². The monoisotopic (exact) mass is 479 g/mol. The van der Waals surface area contributed by atoms with Crippen LogP contribution in [-0.4, -0.2) is 26.4 Å².